The lowest BCUT2D eigenvalue weighted by atomic mass is 9.93. The Morgan fingerprint density at radius 3 is 2.95 bits per heavy atom. The van der Waals surface area contributed by atoms with Crippen molar-refractivity contribution in [2.24, 2.45) is 5.92 Å². The van der Waals surface area contributed by atoms with Crippen molar-refractivity contribution in [2.75, 3.05) is 25.0 Å². The summed E-state index contributed by atoms with van der Waals surface area (Å²) in [6.45, 7) is 6.35. The Balaban J connectivity index is 1.60. The highest BCUT2D eigenvalue weighted by Crippen LogP contribution is 2.25. The number of rotatable bonds is 5. The average Bonchev–Trinajstić information content (AvgIpc) is 2.99. The quantitative estimate of drug-likeness (QED) is 0.902. The van der Waals surface area contributed by atoms with Crippen molar-refractivity contribution < 1.29 is 4.42 Å². The summed E-state index contributed by atoms with van der Waals surface area (Å²) >= 11 is 0. The number of hydrogen-bond donors (Lipinski definition) is 1. The highest BCUT2D eigenvalue weighted by molar-refractivity contribution is 5.53. The number of para-hydroxylation sites is 1. The molecule has 0 radical (unpaired) electrons. The largest absolute Gasteiger partial charge is 0.468 e. The summed E-state index contributed by atoms with van der Waals surface area (Å²) < 4.78 is 5.45. The standard InChI is InChI=1S/C17H22N2O/c1-2-19(13-16-7-5-9-20-16)12-14-10-15-6-3-4-8-17(15)18-11-14/h3-9,14,18H,2,10-13H2,1H3. The number of benzene rings is 1. The average molecular weight is 270 g/mol. The number of anilines is 1. The van der Waals surface area contributed by atoms with Crippen molar-refractivity contribution >= 4 is 5.69 Å². The van der Waals surface area contributed by atoms with Crippen LogP contribution in [0.5, 0.6) is 0 Å². The van der Waals surface area contributed by atoms with Crippen molar-refractivity contribution in [1.82, 2.24) is 4.90 Å². The molecular weight excluding hydrogens is 248 g/mol. The van der Waals surface area contributed by atoms with Crippen molar-refractivity contribution in [3.05, 3.63) is 54.0 Å². The predicted molar refractivity (Wildman–Crippen MR) is 81.8 cm³/mol. The van der Waals surface area contributed by atoms with Gasteiger partial charge in [-0.1, -0.05) is 25.1 Å². The first-order chi connectivity index (χ1) is 9.85. The van der Waals surface area contributed by atoms with Crippen LogP contribution in [0, 0.1) is 5.92 Å². The van der Waals surface area contributed by atoms with Crippen LogP contribution in [0.25, 0.3) is 0 Å². The van der Waals surface area contributed by atoms with Gasteiger partial charge in [0, 0.05) is 18.8 Å². The molecular formula is C17H22N2O. The van der Waals surface area contributed by atoms with Gasteiger partial charge in [0.25, 0.3) is 0 Å². The topological polar surface area (TPSA) is 28.4 Å². The summed E-state index contributed by atoms with van der Waals surface area (Å²) in [4.78, 5) is 2.46. The Hall–Kier alpha value is -1.74. The molecule has 0 fully saturated rings. The van der Waals surface area contributed by atoms with Crippen LogP contribution in [-0.4, -0.2) is 24.5 Å². The summed E-state index contributed by atoms with van der Waals surface area (Å²) in [5, 5.41) is 3.55. The summed E-state index contributed by atoms with van der Waals surface area (Å²) in [5.41, 5.74) is 2.75. The third-order valence-corrected chi connectivity index (χ3v) is 4.03. The van der Waals surface area contributed by atoms with Gasteiger partial charge in [-0.3, -0.25) is 4.90 Å². The van der Waals surface area contributed by atoms with Crippen LogP contribution in [0.15, 0.2) is 47.1 Å². The van der Waals surface area contributed by atoms with Crippen molar-refractivity contribution in [3.8, 4) is 0 Å². The van der Waals surface area contributed by atoms with Crippen molar-refractivity contribution in [2.45, 2.75) is 19.9 Å². The summed E-state index contributed by atoms with van der Waals surface area (Å²) in [6, 6.07) is 12.6. The molecule has 0 bridgehead atoms. The molecule has 0 saturated carbocycles. The molecule has 0 aliphatic carbocycles. The molecule has 0 saturated heterocycles. The van der Waals surface area contributed by atoms with Gasteiger partial charge >= 0.3 is 0 Å². The van der Waals surface area contributed by atoms with Gasteiger partial charge in [0.05, 0.1) is 12.8 Å². The first-order valence-electron chi connectivity index (χ1n) is 7.41. The lowest BCUT2D eigenvalue weighted by molar-refractivity contribution is 0.218. The minimum Gasteiger partial charge on any atom is -0.468 e. The van der Waals surface area contributed by atoms with Gasteiger partial charge < -0.3 is 9.73 Å². The number of hydrogen-bond acceptors (Lipinski definition) is 3. The third kappa shape index (κ3) is 3.05. The van der Waals surface area contributed by atoms with Crippen LogP contribution in [0.4, 0.5) is 5.69 Å². The van der Waals surface area contributed by atoms with E-state index in [0.717, 1.165) is 38.4 Å². The van der Waals surface area contributed by atoms with Crippen molar-refractivity contribution in [3.63, 3.8) is 0 Å². The molecule has 3 nitrogen and oxygen atoms in total. The second-order valence-electron chi connectivity index (χ2n) is 5.52. The van der Waals surface area contributed by atoms with Crippen molar-refractivity contribution in [1.29, 1.82) is 0 Å². The third-order valence-electron chi connectivity index (χ3n) is 4.03. The maximum Gasteiger partial charge on any atom is 0.117 e. The van der Waals surface area contributed by atoms with E-state index in [0.29, 0.717) is 5.92 Å². The molecule has 20 heavy (non-hydrogen) atoms. The fourth-order valence-electron chi connectivity index (χ4n) is 2.93. The Kier molecular flexibility index (Phi) is 4.07. The molecule has 2 aromatic rings. The Bertz CT molecular complexity index is 536. The zero-order chi connectivity index (χ0) is 13.8. The predicted octanol–water partition coefficient (Wildman–Crippen LogP) is 3.39. The maximum absolute atomic E-state index is 5.45. The van der Waals surface area contributed by atoms with E-state index >= 15 is 0 Å². The van der Waals surface area contributed by atoms with Gasteiger partial charge in [-0.05, 0) is 42.6 Å². The molecule has 1 atom stereocenters. The van der Waals surface area contributed by atoms with Gasteiger partial charge in [-0.25, -0.2) is 0 Å². The van der Waals surface area contributed by atoms with Gasteiger partial charge in [0.1, 0.15) is 5.76 Å². The van der Waals surface area contributed by atoms with Gasteiger partial charge in [-0.15, -0.1) is 0 Å². The van der Waals surface area contributed by atoms with E-state index in [-0.39, 0.29) is 0 Å². The second-order valence-corrected chi connectivity index (χ2v) is 5.52. The Morgan fingerprint density at radius 2 is 2.15 bits per heavy atom. The Labute approximate surface area is 120 Å². The van der Waals surface area contributed by atoms with Gasteiger partial charge in [-0.2, -0.15) is 0 Å². The van der Waals surface area contributed by atoms with Crippen LogP contribution in [0.2, 0.25) is 0 Å². The van der Waals surface area contributed by atoms with Gasteiger partial charge in [0.2, 0.25) is 0 Å². The zero-order valence-electron chi connectivity index (χ0n) is 12.0. The molecule has 1 aromatic heterocycles. The molecule has 1 aromatic carbocycles. The monoisotopic (exact) mass is 270 g/mol. The lowest BCUT2D eigenvalue weighted by Gasteiger charge is -2.30. The summed E-state index contributed by atoms with van der Waals surface area (Å²) in [5.74, 6) is 1.72. The van der Waals surface area contributed by atoms with E-state index in [2.05, 4.69) is 47.5 Å². The van der Waals surface area contributed by atoms with E-state index in [1.807, 2.05) is 6.07 Å². The summed E-state index contributed by atoms with van der Waals surface area (Å²) in [6.07, 6.45) is 2.92. The van der Waals surface area contributed by atoms with Crippen LogP contribution < -0.4 is 5.32 Å². The van der Waals surface area contributed by atoms with E-state index in [1.165, 1.54) is 11.3 Å². The Morgan fingerprint density at radius 1 is 1.25 bits per heavy atom. The number of furan rings is 1. The first-order valence-corrected chi connectivity index (χ1v) is 7.41. The van der Waals surface area contributed by atoms with Crippen LogP contribution >= 0.6 is 0 Å². The molecule has 1 unspecified atom stereocenters. The van der Waals surface area contributed by atoms with Crippen LogP contribution in [0.1, 0.15) is 18.2 Å². The minimum absolute atomic E-state index is 0.666. The number of nitrogens with zero attached hydrogens (tertiary/aromatic N) is 1. The molecule has 0 amide bonds. The maximum atomic E-state index is 5.45. The molecule has 2 heterocycles. The molecule has 1 aliphatic rings. The molecule has 3 heteroatoms. The zero-order valence-corrected chi connectivity index (χ0v) is 12.0. The fraction of sp³-hybridized carbons (Fsp3) is 0.412. The molecule has 0 spiro atoms. The molecule has 106 valence electrons. The van der Waals surface area contributed by atoms with E-state index in [1.54, 1.807) is 6.26 Å². The first kappa shape index (κ1) is 13.3. The molecule has 3 rings (SSSR count). The number of nitrogens with one attached hydrogen (secondary N) is 1. The van der Waals surface area contributed by atoms with Crippen LogP contribution in [-0.2, 0) is 13.0 Å². The fourth-order valence-corrected chi connectivity index (χ4v) is 2.93. The second kappa shape index (κ2) is 6.14. The highest BCUT2D eigenvalue weighted by Gasteiger charge is 2.20. The lowest BCUT2D eigenvalue weighted by Crippen LogP contribution is -2.35. The van der Waals surface area contributed by atoms with E-state index < -0.39 is 0 Å². The molecule has 1 N–H and O–H groups in total. The normalized spacial score (nSPS) is 17.8. The SMILES string of the molecule is CCN(Cc1ccco1)CC1CNc2ccccc2C1. The number of fused-ring (bicyclic) bond motifs is 1. The smallest absolute Gasteiger partial charge is 0.117 e. The summed E-state index contributed by atoms with van der Waals surface area (Å²) in [7, 11) is 0. The van der Waals surface area contributed by atoms with Crippen LogP contribution in [0.3, 0.4) is 0 Å². The van der Waals surface area contributed by atoms with E-state index in [4.69, 9.17) is 4.42 Å². The highest BCUT2D eigenvalue weighted by atomic mass is 16.3. The van der Waals surface area contributed by atoms with Gasteiger partial charge in [0.15, 0.2) is 0 Å². The van der Waals surface area contributed by atoms with E-state index in [9.17, 15) is 0 Å². The molecule has 1 aliphatic heterocycles. The minimum atomic E-state index is 0.666.